The number of carbonyl (C=O) groups is 1. The summed E-state index contributed by atoms with van der Waals surface area (Å²) < 4.78 is 0. The summed E-state index contributed by atoms with van der Waals surface area (Å²) in [6, 6.07) is 0. The lowest BCUT2D eigenvalue weighted by Gasteiger charge is -2.36. The molecule has 1 unspecified atom stereocenters. The number of aliphatic hydroxyl groups is 1. The van der Waals surface area contributed by atoms with Crippen LogP contribution in [0.1, 0.15) is 70.6 Å². The fraction of sp³-hybridized carbons (Fsp3) is 0.941. The van der Waals surface area contributed by atoms with Crippen molar-refractivity contribution in [2.24, 2.45) is 17.1 Å². The molecule has 0 spiro atoms. The Morgan fingerprint density at radius 2 is 1.73 bits per heavy atom. The van der Waals surface area contributed by atoms with E-state index in [-0.39, 0.29) is 29.8 Å². The van der Waals surface area contributed by atoms with Crippen LogP contribution in [0, 0.1) is 11.3 Å². The number of hydrogen-bond donors (Lipinski definition) is 3. The van der Waals surface area contributed by atoms with E-state index in [2.05, 4.69) is 5.32 Å². The fourth-order valence-corrected chi connectivity index (χ4v) is 4.06. The first-order valence-electron chi connectivity index (χ1n) is 8.80. The Hall–Kier alpha value is -0.320. The molecule has 4 nitrogen and oxygen atoms in total. The van der Waals surface area contributed by atoms with Crippen LogP contribution in [0.3, 0.4) is 0 Å². The van der Waals surface area contributed by atoms with Crippen molar-refractivity contribution >= 4 is 18.3 Å². The predicted molar refractivity (Wildman–Crippen MR) is 92.0 cm³/mol. The third-order valence-electron chi connectivity index (χ3n) is 5.59. The van der Waals surface area contributed by atoms with Crippen molar-refractivity contribution in [1.82, 2.24) is 5.32 Å². The van der Waals surface area contributed by atoms with E-state index in [9.17, 15) is 9.90 Å². The molecule has 0 heterocycles. The van der Waals surface area contributed by atoms with E-state index >= 15 is 0 Å². The molecule has 0 radical (unpaired) electrons. The van der Waals surface area contributed by atoms with E-state index in [0.29, 0.717) is 25.4 Å². The Balaban J connectivity index is 0.00000242. The van der Waals surface area contributed by atoms with Crippen LogP contribution in [0.2, 0.25) is 0 Å². The lowest BCUT2D eigenvalue weighted by molar-refractivity contribution is -0.124. The second-order valence-corrected chi connectivity index (χ2v) is 7.21. The normalized spacial score (nSPS) is 23.4. The van der Waals surface area contributed by atoms with Crippen LogP contribution in [0.4, 0.5) is 0 Å². The highest BCUT2D eigenvalue weighted by Crippen LogP contribution is 2.38. The van der Waals surface area contributed by atoms with Crippen molar-refractivity contribution in [2.45, 2.75) is 76.7 Å². The lowest BCUT2D eigenvalue weighted by Crippen LogP contribution is -2.42. The van der Waals surface area contributed by atoms with Gasteiger partial charge >= 0.3 is 0 Å². The topological polar surface area (TPSA) is 75.4 Å². The van der Waals surface area contributed by atoms with Crippen LogP contribution in [0.15, 0.2) is 0 Å². The van der Waals surface area contributed by atoms with Crippen LogP contribution in [0.25, 0.3) is 0 Å². The number of halogens is 1. The molecule has 0 aromatic heterocycles. The molecule has 2 saturated carbocycles. The maximum Gasteiger partial charge on any atom is 0.220 e. The van der Waals surface area contributed by atoms with E-state index in [1.165, 1.54) is 38.5 Å². The van der Waals surface area contributed by atoms with Crippen molar-refractivity contribution in [3.05, 3.63) is 0 Å². The highest BCUT2D eigenvalue weighted by atomic mass is 35.5. The summed E-state index contributed by atoms with van der Waals surface area (Å²) in [5, 5.41) is 13.2. The van der Waals surface area contributed by atoms with Gasteiger partial charge < -0.3 is 16.2 Å². The highest BCUT2D eigenvalue weighted by Gasteiger charge is 2.33. The van der Waals surface area contributed by atoms with Crippen molar-refractivity contribution < 1.29 is 9.90 Å². The standard InChI is InChI=1S/C17H32N2O2.ClH/c18-13-17(9-5-2-6-10-17)11-16(21)19-12-15(20)14-7-3-1-4-8-14;/h14-15,20H,1-13,18H2,(H,19,21);1H. The molecule has 4 N–H and O–H groups in total. The minimum Gasteiger partial charge on any atom is -0.391 e. The van der Waals surface area contributed by atoms with Crippen molar-refractivity contribution in [1.29, 1.82) is 0 Å². The zero-order valence-corrected chi connectivity index (χ0v) is 14.5. The first-order valence-corrected chi connectivity index (χ1v) is 8.80. The van der Waals surface area contributed by atoms with Gasteiger partial charge in [0.2, 0.25) is 5.91 Å². The average Bonchev–Trinajstić information content (AvgIpc) is 2.54. The van der Waals surface area contributed by atoms with Gasteiger partial charge in [0.15, 0.2) is 0 Å². The number of amides is 1. The summed E-state index contributed by atoms with van der Waals surface area (Å²) in [6.07, 6.45) is 11.9. The molecular weight excluding hydrogens is 300 g/mol. The van der Waals surface area contributed by atoms with Gasteiger partial charge in [-0.2, -0.15) is 0 Å². The van der Waals surface area contributed by atoms with Gasteiger partial charge in [-0.25, -0.2) is 0 Å². The number of nitrogens with one attached hydrogen (secondary N) is 1. The maximum absolute atomic E-state index is 12.2. The monoisotopic (exact) mass is 332 g/mol. The number of nitrogens with two attached hydrogens (primary N) is 1. The van der Waals surface area contributed by atoms with Gasteiger partial charge in [0, 0.05) is 13.0 Å². The second kappa shape index (κ2) is 9.74. The minimum atomic E-state index is -0.380. The van der Waals surface area contributed by atoms with E-state index in [0.717, 1.165) is 25.7 Å². The first kappa shape index (κ1) is 19.7. The largest absolute Gasteiger partial charge is 0.391 e. The minimum absolute atomic E-state index is 0. The highest BCUT2D eigenvalue weighted by molar-refractivity contribution is 5.85. The second-order valence-electron chi connectivity index (χ2n) is 7.21. The molecule has 2 rings (SSSR count). The zero-order chi connectivity index (χ0) is 15.1. The molecular formula is C17H33ClN2O2. The molecule has 1 amide bonds. The summed E-state index contributed by atoms with van der Waals surface area (Å²) in [5.41, 5.74) is 5.94. The maximum atomic E-state index is 12.2. The van der Waals surface area contributed by atoms with Crippen LogP contribution < -0.4 is 11.1 Å². The summed E-state index contributed by atoms with van der Waals surface area (Å²) in [7, 11) is 0. The molecule has 2 aliphatic rings. The zero-order valence-electron chi connectivity index (χ0n) is 13.7. The van der Waals surface area contributed by atoms with Gasteiger partial charge in [-0.1, -0.05) is 38.5 Å². The summed E-state index contributed by atoms with van der Waals surface area (Å²) in [5.74, 6) is 0.439. The van der Waals surface area contributed by atoms with E-state index in [1.54, 1.807) is 0 Å². The molecule has 5 heteroatoms. The Labute approximate surface area is 141 Å². The average molecular weight is 333 g/mol. The third-order valence-corrected chi connectivity index (χ3v) is 5.59. The molecule has 2 aliphatic carbocycles. The van der Waals surface area contributed by atoms with E-state index in [4.69, 9.17) is 5.73 Å². The molecule has 0 aliphatic heterocycles. The fourth-order valence-electron chi connectivity index (χ4n) is 4.06. The smallest absolute Gasteiger partial charge is 0.220 e. The van der Waals surface area contributed by atoms with Gasteiger partial charge in [0.25, 0.3) is 0 Å². The van der Waals surface area contributed by atoms with Crippen molar-refractivity contribution in [3.8, 4) is 0 Å². The Kier molecular flexibility index (Phi) is 8.73. The molecule has 1 atom stereocenters. The molecule has 0 aromatic rings. The number of hydrogen-bond acceptors (Lipinski definition) is 3. The molecule has 130 valence electrons. The Morgan fingerprint density at radius 3 is 2.32 bits per heavy atom. The Bertz CT molecular complexity index is 327. The van der Waals surface area contributed by atoms with Crippen LogP contribution in [-0.2, 0) is 4.79 Å². The van der Waals surface area contributed by atoms with Gasteiger partial charge in [0.1, 0.15) is 0 Å². The quantitative estimate of drug-likeness (QED) is 0.700. The van der Waals surface area contributed by atoms with Crippen LogP contribution in [-0.4, -0.2) is 30.2 Å². The van der Waals surface area contributed by atoms with E-state index in [1.807, 2.05) is 0 Å². The lowest BCUT2D eigenvalue weighted by atomic mass is 9.71. The van der Waals surface area contributed by atoms with E-state index < -0.39 is 0 Å². The molecule has 2 fully saturated rings. The van der Waals surface area contributed by atoms with Crippen molar-refractivity contribution in [3.63, 3.8) is 0 Å². The summed E-state index contributed by atoms with van der Waals surface area (Å²) >= 11 is 0. The molecule has 0 aromatic carbocycles. The molecule has 22 heavy (non-hydrogen) atoms. The number of aliphatic hydroxyl groups excluding tert-OH is 1. The predicted octanol–water partition coefficient (Wildman–Crippen LogP) is 2.76. The van der Waals surface area contributed by atoms with Gasteiger partial charge in [0.05, 0.1) is 6.10 Å². The third kappa shape index (κ3) is 5.71. The van der Waals surface area contributed by atoms with Gasteiger partial charge in [-0.05, 0) is 43.6 Å². The van der Waals surface area contributed by atoms with Crippen LogP contribution >= 0.6 is 12.4 Å². The van der Waals surface area contributed by atoms with Gasteiger partial charge in [-0.3, -0.25) is 4.79 Å². The molecule has 0 bridgehead atoms. The molecule has 0 saturated heterocycles. The first-order chi connectivity index (χ1) is 10.2. The number of rotatable bonds is 6. The summed E-state index contributed by atoms with van der Waals surface area (Å²) in [4.78, 5) is 12.2. The van der Waals surface area contributed by atoms with Gasteiger partial charge in [-0.15, -0.1) is 12.4 Å². The number of carbonyl (C=O) groups excluding carboxylic acids is 1. The SMILES string of the molecule is Cl.NCC1(CC(=O)NCC(O)C2CCCCC2)CCCCC1. The van der Waals surface area contributed by atoms with Crippen LogP contribution in [0.5, 0.6) is 0 Å². The van der Waals surface area contributed by atoms with Crippen molar-refractivity contribution in [2.75, 3.05) is 13.1 Å². The Morgan fingerprint density at radius 1 is 1.14 bits per heavy atom. The summed E-state index contributed by atoms with van der Waals surface area (Å²) in [6.45, 7) is 1.01.